The molecule has 14 heavy (non-hydrogen) atoms. The Hall–Kier alpha value is -1.40. The average molecular weight is 199 g/mol. The largest absolute Gasteiger partial charge is 0.397 e. The highest BCUT2D eigenvalue weighted by Crippen LogP contribution is 1.90. The summed E-state index contributed by atoms with van der Waals surface area (Å²) >= 11 is 0. The molecule has 0 aliphatic carbocycles. The number of nitrogen functional groups attached to an aromatic ring is 1. The highest BCUT2D eigenvalue weighted by atomic mass is 16.5. The number of hydrogen-bond acceptors (Lipinski definition) is 5. The van der Waals surface area contributed by atoms with Gasteiger partial charge in [0.15, 0.2) is 0 Å². The molecule has 0 saturated heterocycles. The molecule has 1 heterocycles. The van der Waals surface area contributed by atoms with Crippen molar-refractivity contribution in [3.05, 3.63) is 22.6 Å². The minimum Gasteiger partial charge on any atom is -0.397 e. The lowest BCUT2D eigenvalue weighted by Crippen LogP contribution is -2.24. The zero-order valence-electron chi connectivity index (χ0n) is 7.72. The van der Waals surface area contributed by atoms with Crippen LogP contribution in [0.1, 0.15) is 0 Å². The van der Waals surface area contributed by atoms with Crippen LogP contribution in [0.5, 0.6) is 0 Å². The fraction of sp³-hybridized carbons (Fsp3) is 0.500. The van der Waals surface area contributed by atoms with Crippen LogP contribution in [0.15, 0.2) is 17.1 Å². The van der Waals surface area contributed by atoms with Crippen molar-refractivity contribution in [1.29, 1.82) is 0 Å². The average Bonchev–Trinajstić information content (AvgIpc) is 2.15. The predicted octanol–water partition coefficient (Wildman–Crippen LogP) is -1.17. The predicted molar refractivity (Wildman–Crippen MR) is 50.8 cm³/mol. The van der Waals surface area contributed by atoms with Crippen molar-refractivity contribution in [2.45, 2.75) is 6.54 Å². The van der Waals surface area contributed by atoms with Crippen LogP contribution in [-0.4, -0.2) is 34.7 Å². The van der Waals surface area contributed by atoms with Crippen LogP contribution < -0.4 is 11.3 Å². The number of aliphatic hydroxyl groups excluding tert-OH is 1. The lowest BCUT2D eigenvalue weighted by molar-refractivity contribution is 0.0847. The van der Waals surface area contributed by atoms with Crippen molar-refractivity contribution in [2.75, 3.05) is 25.6 Å². The number of aliphatic hydroxyl groups is 1. The first-order chi connectivity index (χ1) is 6.74. The zero-order chi connectivity index (χ0) is 10.4. The van der Waals surface area contributed by atoms with Crippen LogP contribution in [-0.2, 0) is 11.3 Å². The summed E-state index contributed by atoms with van der Waals surface area (Å²) in [5.74, 6) is 0. The summed E-state index contributed by atoms with van der Waals surface area (Å²) in [4.78, 5) is 11.2. The Morgan fingerprint density at radius 3 is 3.00 bits per heavy atom. The molecule has 0 bridgehead atoms. The SMILES string of the molecule is Nc1cnn(CCOCCO)c(=O)c1. The van der Waals surface area contributed by atoms with Gasteiger partial charge in [0, 0.05) is 6.07 Å². The summed E-state index contributed by atoms with van der Waals surface area (Å²) in [5, 5.41) is 12.2. The van der Waals surface area contributed by atoms with Gasteiger partial charge in [0.25, 0.3) is 5.56 Å². The molecule has 78 valence electrons. The Balaban J connectivity index is 2.47. The van der Waals surface area contributed by atoms with Crippen molar-refractivity contribution < 1.29 is 9.84 Å². The van der Waals surface area contributed by atoms with E-state index in [9.17, 15) is 4.79 Å². The third-order valence-corrected chi connectivity index (χ3v) is 1.57. The fourth-order valence-corrected chi connectivity index (χ4v) is 0.933. The maximum absolute atomic E-state index is 11.2. The molecule has 0 radical (unpaired) electrons. The molecule has 0 amide bonds. The van der Waals surface area contributed by atoms with E-state index in [1.54, 1.807) is 0 Å². The molecule has 0 fully saturated rings. The van der Waals surface area contributed by atoms with Gasteiger partial charge in [-0.3, -0.25) is 4.79 Å². The second kappa shape index (κ2) is 5.36. The number of ether oxygens (including phenoxy) is 1. The Morgan fingerprint density at radius 2 is 2.36 bits per heavy atom. The minimum absolute atomic E-state index is 0.0237. The van der Waals surface area contributed by atoms with Crippen LogP contribution >= 0.6 is 0 Å². The van der Waals surface area contributed by atoms with E-state index in [1.807, 2.05) is 0 Å². The van der Waals surface area contributed by atoms with E-state index in [0.29, 0.717) is 18.8 Å². The molecular weight excluding hydrogens is 186 g/mol. The van der Waals surface area contributed by atoms with E-state index in [2.05, 4.69) is 5.10 Å². The van der Waals surface area contributed by atoms with E-state index in [0.717, 1.165) is 0 Å². The summed E-state index contributed by atoms with van der Waals surface area (Å²) in [7, 11) is 0. The number of aromatic nitrogens is 2. The first-order valence-electron chi connectivity index (χ1n) is 4.25. The van der Waals surface area contributed by atoms with Gasteiger partial charge in [0.2, 0.25) is 0 Å². The topological polar surface area (TPSA) is 90.4 Å². The number of anilines is 1. The summed E-state index contributed by atoms with van der Waals surface area (Å²) in [6.45, 7) is 0.949. The molecule has 1 aromatic heterocycles. The molecule has 0 aliphatic rings. The lowest BCUT2D eigenvalue weighted by Gasteiger charge is -2.04. The van der Waals surface area contributed by atoms with Gasteiger partial charge >= 0.3 is 0 Å². The normalized spacial score (nSPS) is 10.4. The van der Waals surface area contributed by atoms with Gasteiger partial charge in [-0.25, -0.2) is 4.68 Å². The Labute approximate surface area is 80.9 Å². The summed E-state index contributed by atoms with van der Waals surface area (Å²) in [6, 6.07) is 1.30. The van der Waals surface area contributed by atoms with E-state index in [-0.39, 0.29) is 18.8 Å². The number of nitrogens with two attached hydrogens (primary N) is 1. The first kappa shape index (κ1) is 10.7. The lowest BCUT2D eigenvalue weighted by atomic mass is 10.5. The molecule has 1 aromatic rings. The molecule has 0 unspecified atom stereocenters. The maximum atomic E-state index is 11.2. The van der Waals surface area contributed by atoms with Crippen molar-refractivity contribution in [1.82, 2.24) is 9.78 Å². The van der Waals surface area contributed by atoms with E-state index in [1.165, 1.54) is 16.9 Å². The minimum atomic E-state index is -0.252. The number of rotatable bonds is 5. The Morgan fingerprint density at radius 1 is 1.57 bits per heavy atom. The Bertz CT molecular complexity index is 337. The van der Waals surface area contributed by atoms with Gasteiger partial charge in [0.05, 0.1) is 38.2 Å². The van der Waals surface area contributed by atoms with Crippen LogP contribution in [0.3, 0.4) is 0 Å². The molecular formula is C8H13N3O3. The van der Waals surface area contributed by atoms with Crippen molar-refractivity contribution in [2.24, 2.45) is 0 Å². The summed E-state index contributed by atoms with van der Waals surface area (Å²) < 4.78 is 6.25. The molecule has 0 aromatic carbocycles. The van der Waals surface area contributed by atoms with Gasteiger partial charge in [-0.15, -0.1) is 0 Å². The van der Waals surface area contributed by atoms with Crippen LogP contribution in [0, 0.1) is 0 Å². The van der Waals surface area contributed by atoms with E-state index in [4.69, 9.17) is 15.6 Å². The molecule has 6 heteroatoms. The van der Waals surface area contributed by atoms with Gasteiger partial charge in [-0.05, 0) is 0 Å². The first-order valence-corrected chi connectivity index (χ1v) is 4.25. The monoisotopic (exact) mass is 199 g/mol. The summed E-state index contributed by atoms with van der Waals surface area (Å²) in [5.41, 5.74) is 5.46. The quantitative estimate of drug-likeness (QED) is 0.583. The third-order valence-electron chi connectivity index (χ3n) is 1.57. The fourth-order valence-electron chi connectivity index (χ4n) is 0.933. The smallest absolute Gasteiger partial charge is 0.268 e. The van der Waals surface area contributed by atoms with Crippen LogP contribution in [0.25, 0.3) is 0 Å². The molecule has 0 spiro atoms. The second-order valence-electron chi connectivity index (χ2n) is 2.69. The number of hydrogen-bond donors (Lipinski definition) is 2. The van der Waals surface area contributed by atoms with Crippen LogP contribution in [0.2, 0.25) is 0 Å². The molecule has 0 saturated carbocycles. The summed E-state index contributed by atoms with van der Waals surface area (Å²) in [6.07, 6.45) is 1.41. The third kappa shape index (κ3) is 3.15. The molecule has 6 nitrogen and oxygen atoms in total. The maximum Gasteiger partial charge on any atom is 0.268 e. The molecule has 3 N–H and O–H groups in total. The zero-order valence-corrected chi connectivity index (χ0v) is 7.72. The number of nitrogens with zero attached hydrogens (tertiary/aromatic N) is 2. The highest BCUT2D eigenvalue weighted by Gasteiger charge is 1.97. The van der Waals surface area contributed by atoms with Gasteiger partial charge in [-0.2, -0.15) is 5.10 Å². The molecule has 0 atom stereocenters. The van der Waals surface area contributed by atoms with Crippen molar-refractivity contribution in [3.8, 4) is 0 Å². The molecule has 1 rings (SSSR count). The highest BCUT2D eigenvalue weighted by molar-refractivity contribution is 5.31. The van der Waals surface area contributed by atoms with Gasteiger partial charge < -0.3 is 15.6 Å². The standard InChI is InChI=1S/C8H13N3O3/c9-7-5-8(13)11(10-6-7)1-3-14-4-2-12/h5-6,12H,1-4,9H2. The second-order valence-corrected chi connectivity index (χ2v) is 2.69. The molecule has 0 aliphatic heterocycles. The van der Waals surface area contributed by atoms with E-state index >= 15 is 0 Å². The van der Waals surface area contributed by atoms with Gasteiger partial charge in [0.1, 0.15) is 0 Å². The van der Waals surface area contributed by atoms with Crippen molar-refractivity contribution >= 4 is 5.69 Å². The van der Waals surface area contributed by atoms with Crippen LogP contribution in [0.4, 0.5) is 5.69 Å². The van der Waals surface area contributed by atoms with E-state index < -0.39 is 0 Å². The Kier molecular flexibility index (Phi) is 4.09. The van der Waals surface area contributed by atoms with Crippen molar-refractivity contribution in [3.63, 3.8) is 0 Å². The van der Waals surface area contributed by atoms with Gasteiger partial charge in [-0.1, -0.05) is 0 Å².